The van der Waals surface area contributed by atoms with Crippen LogP contribution < -0.4 is 5.56 Å². The predicted molar refractivity (Wildman–Crippen MR) is 93.4 cm³/mol. The van der Waals surface area contributed by atoms with Gasteiger partial charge in [0.2, 0.25) is 0 Å². The molecule has 140 valence electrons. The van der Waals surface area contributed by atoms with Gasteiger partial charge < -0.3 is 0 Å². The number of hydrogen-bond donors (Lipinski definition) is 1. The van der Waals surface area contributed by atoms with Gasteiger partial charge in [-0.15, -0.1) is 0 Å². The predicted octanol–water partition coefficient (Wildman–Crippen LogP) is 3.14. The standard InChI is InChI=1S/C19H17F3N4O/c20-19(21,22)14-5-3-4-13(10-14)11-25-9-7-15-16(12-25)24-26(18(15)27)17-6-1-2-8-23-17/h1-6,8,10,24H,7,9,11-12H2. The van der Waals surface area contributed by atoms with Crippen molar-refractivity contribution in [3.63, 3.8) is 0 Å². The van der Waals surface area contributed by atoms with Crippen LogP contribution in [0.3, 0.4) is 0 Å². The Balaban J connectivity index is 1.55. The number of aromatic nitrogens is 3. The molecular weight excluding hydrogens is 357 g/mol. The van der Waals surface area contributed by atoms with E-state index in [4.69, 9.17) is 0 Å². The first-order valence-corrected chi connectivity index (χ1v) is 8.54. The molecule has 1 aliphatic rings. The number of halogens is 3. The van der Waals surface area contributed by atoms with Gasteiger partial charge in [0.05, 0.1) is 11.3 Å². The van der Waals surface area contributed by atoms with Crippen LogP contribution in [0.15, 0.2) is 53.5 Å². The fourth-order valence-corrected chi connectivity index (χ4v) is 3.36. The summed E-state index contributed by atoms with van der Waals surface area (Å²) in [4.78, 5) is 18.8. The van der Waals surface area contributed by atoms with Gasteiger partial charge in [0.15, 0.2) is 5.82 Å². The smallest absolute Gasteiger partial charge is 0.293 e. The number of nitrogens with zero attached hydrogens (tertiary/aromatic N) is 3. The topological polar surface area (TPSA) is 53.9 Å². The summed E-state index contributed by atoms with van der Waals surface area (Å²) in [5.74, 6) is 0.515. The minimum Gasteiger partial charge on any atom is -0.293 e. The molecule has 27 heavy (non-hydrogen) atoms. The van der Waals surface area contributed by atoms with Crippen molar-refractivity contribution in [1.82, 2.24) is 19.7 Å². The van der Waals surface area contributed by atoms with Crippen LogP contribution in [-0.2, 0) is 25.7 Å². The summed E-state index contributed by atoms with van der Waals surface area (Å²) in [7, 11) is 0. The third kappa shape index (κ3) is 3.52. The number of benzene rings is 1. The van der Waals surface area contributed by atoms with Crippen LogP contribution in [0.5, 0.6) is 0 Å². The fourth-order valence-electron chi connectivity index (χ4n) is 3.36. The van der Waals surface area contributed by atoms with Gasteiger partial charge in [-0.3, -0.25) is 14.8 Å². The van der Waals surface area contributed by atoms with Crippen LogP contribution in [-0.4, -0.2) is 26.2 Å². The lowest BCUT2D eigenvalue weighted by Gasteiger charge is -2.26. The maximum Gasteiger partial charge on any atom is 0.416 e. The van der Waals surface area contributed by atoms with Crippen LogP contribution in [0.25, 0.3) is 5.82 Å². The van der Waals surface area contributed by atoms with E-state index >= 15 is 0 Å². The zero-order valence-corrected chi connectivity index (χ0v) is 14.3. The van der Waals surface area contributed by atoms with Gasteiger partial charge in [-0.2, -0.15) is 13.2 Å². The summed E-state index contributed by atoms with van der Waals surface area (Å²) in [5, 5.41) is 3.09. The molecule has 3 heterocycles. The van der Waals surface area contributed by atoms with E-state index in [9.17, 15) is 18.0 Å². The number of rotatable bonds is 3. The molecule has 2 aromatic heterocycles. The summed E-state index contributed by atoms with van der Waals surface area (Å²) < 4.78 is 40.1. The third-order valence-corrected chi connectivity index (χ3v) is 4.67. The fraction of sp³-hybridized carbons (Fsp3) is 0.263. The third-order valence-electron chi connectivity index (χ3n) is 4.67. The van der Waals surface area contributed by atoms with E-state index in [2.05, 4.69) is 10.1 Å². The number of hydrogen-bond acceptors (Lipinski definition) is 3. The molecule has 0 spiro atoms. The SMILES string of the molecule is O=c1c2c([nH]n1-c1ccccn1)CN(Cc1cccc(C(F)(F)F)c1)CC2. The van der Waals surface area contributed by atoms with Crippen molar-refractivity contribution >= 4 is 0 Å². The first-order chi connectivity index (χ1) is 12.9. The van der Waals surface area contributed by atoms with Gasteiger partial charge in [0.1, 0.15) is 0 Å². The van der Waals surface area contributed by atoms with Crippen LogP contribution in [0.1, 0.15) is 22.4 Å². The zero-order valence-electron chi connectivity index (χ0n) is 14.3. The summed E-state index contributed by atoms with van der Waals surface area (Å²) in [6, 6.07) is 10.7. The molecule has 0 aliphatic carbocycles. The number of pyridine rings is 1. The Bertz CT molecular complexity index is 1010. The van der Waals surface area contributed by atoms with E-state index in [-0.39, 0.29) is 5.56 Å². The molecule has 1 aromatic carbocycles. The van der Waals surface area contributed by atoms with Gasteiger partial charge >= 0.3 is 6.18 Å². The van der Waals surface area contributed by atoms with Crippen molar-refractivity contribution < 1.29 is 13.2 Å². The highest BCUT2D eigenvalue weighted by molar-refractivity contribution is 5.29. The Morgan fingerprint density at radius 2 is 2.00 bits per heavy atom. The average molecular weight is 374 g/mol. The van der Waals surface area contributed by atoms with Crippen LogP contribution in [0.2, 0.25) is 0 Å². The normalized spacial score (nSPS) is 14.9. The molecule has 3 aromatic rings. The van der Waals surface area contributed by atoms with E-state index in [1.807, 2.05) is 4.90 Å². The lowest BCUT2D eigenvalue weighted by molar-refractivity contribution is -0.137. The molecule has 0 saturated carbocycles. The molecule has 1 N–H and O–H groups in total. The molecular formula is C19H17F3N4O. The molecule has 5 nitrogen and oxygen atoms in total. The molecule has 0 unspecified atom stereocenters. The molecule has 0 atom stereocenters. The van der Waals surface area contributed by atoms with Gasteiger partial charge in [-0.05, 0) is 30.2 Å². The minimum absolute atomic E-state index is 0.123. The average Bonchev–Trinajstić information content (AvgIpc) is 2.98. The minimum atomic E-state index is -4.35. The van der Waals surface area contributed by atoms with Gasteiger partial charge in [-0.25, -0.2) is 9.67 Å². The maximum atomic E-state index is 12.9. The van der Waals surface area contributed by atoms with Gasteiger partial charge in [0.25, 0.3) is 5.56 Å². The Hall–Kier alpha value is -2.87. The van der Waals surface area contributed by atoms with Crippen LogP contribution in [0.4, 0.5) is 13.2 Å². The van der Waals surface area contributed by atoms with Crippen molar-refractivity contribution in [2.75, 3.05) is 6.54 Å². The van der Waals surface area contributed by atoms with E-state index in [0.717, 1.165) is 11.8 Å². The second-order valence-electron chi connectivity index (χ2n) is 6.56. The van der Waals surface area contributed by atoms with E-state index in [1.54, 1.807) is 30.5 Å². The molecule has 8 heteroatoms. The Morgan fingerprint density at radius 3 is 2.74 bits per heavy atom. The molecule has 0 amide bonds. The number of fused-ring (bicyclic) bond motifs is 1. The summed E-state index contributed by atoms with van der Waals surface area (Å²) in [6.07, 6.45) is -2.19. The Labute approximate surface area is 153 Å². The van der Waals surface area contributed by atoms with Crippen molar-refractivity contribution in [3.8, 4) is 5.82 Å². The largest absolute Gasteiger partial charge is 0.416 e. The molecule has 0 saturated heterocycles. The first-order valence-electron chi connectivity index (χ1n) is 8.54. The van der Waals surface area contributed by atoms with E-state index in [0.29, 0.717) is 43.0 Å². The second kappa shape index (κ2) is 6.70. The summed E-state index contributed by atoms with van der Waals surface area (Å²) >= 11 is 0. The molecule has 0 fully saturated rings. The van der Waals surface area contributed by atoms with Gasteiger partial charge in [0, 0.05) is 31.4 Å². The monoisotopic (exact) mass is 374 g/mol. The van der Waals surface area contributed by atoms with Crippen molar-refractivity contribution in [3.05, 3.63) is 81.4 Å². The van der Waals surface area contributed by atoms with Gasteiger partial charge in [-0.1, -0.05) is 24.3 Å². The van der Waals surface area contributed by atoms with E-state index in [1.165, 1.54) is 16.8 Å². The molecule has 0 radical (unpaired) electrons. The Morgan fingerprint density at radius 1 is 1.15 bits per heavy atom. The maximum absolute atomic E-state index is 12.9. The molecule has 0 bridgehead atoms. The van der Waals surface area contributed by atoms with E-state index < -0.39 is 11.7 Å². The quantitative estimate of drug-likeness (QED) is 0.766. The number of aromatic amines is 1. The Kier molecular flexibility index (Phi) is 4.35. The highest BCUT2D eigenvalue weighted by Crippen LogP contribution is 2.30. The zero-order chi connectivity index (χ0) is 19.0. The number of nitrogens with one attached hydrogen (secondary N) is 1. The lowest BCUT2D eigenvalue weighted by Crippen LogP contribution is -2.31. The lowest BCUT2D eigenvalue weighted by atomic mass is 10.1. The summed E-state index contributed by atoms with van der Waals surface area (Å²) in [5.41, 5.74) is 1.32. The first kappa shape index (κ1) is 17.5. The number of H-pyrrole nitrogens is 1. The number of alkyl halides is 3. The highest BCUT2D eigenvalue weighted by atomic mass is 19.4. The summed E-state index contributed by atoms with van der Waals surface area (Å²) in [6.45, 7) is 1.47. The highest BCUT2D eigenvalue weighted by Gasteiger charge is 2.30. The molecule has 4 rings (SSSR count). The van der Waals surface area contributed by atoms with Crippen molar-refractivity contribution in [1.29, 1.82) is 0 Å². The van der Waals surface area contributed by atoms with Crippen LogP contribution >= 0.6 is 0 Å². The second-order valence-corrected chi connectivity index (χ2v) is 6.56. The van der Waals surface area contributed by atoms with Crippen molar-refractivity contribution in [2.24, 2.45) is 0 Å². The van der Waals surface area contributed by atoms with Crippen LogP contribution in [0, 0.1) is 0 Å². The van der Waals surface area contributed by atoms with Crippen molar-refractivity contribution in [2.45, 2.75) is 25.7 Å². The molecule has 1 aliphatic heterocycles.